The molecule has 2 aromatic carbocycles. The summed E-state index contributed by atoms with van der Waals surface area (Å²) in [6.07, 6.45) is 4.50. The van der Waals surface area contributed by atoms with Gasteiger partial charge in [-0.3, -0.25) is 4.79 Å². The summed E-state index contributed by atoms with van der Waals surface area (Å²) in [6.45, 7) is 3.46. The maximum Gasteiger partial charge on any atom is 0.220 e. The van der Waals surface area contributed by atoms with E-state index >= 15 is 0 Å². The van der Waals surface area contributed by atoms with Crippen LogP contribution in [0.4, 0.5) is 0 Å². The number of aromatic nitrogens is 2. The van der Waals surface area contributed by atoms with Gasteiger partial charge in [-0.1, -0.05) is 18.2 Å². The van der Waals surface area contributed by atoms with E-state index < -0.39 is 0 Å². The minimum Gasteiger partial charge on any atom is -0.496 e. The van der Waals surface area contributed by atoms with Gasteiger partial charge in [-0.2, -0.15) is 0 Å². The van der Waals surface area contributed by atoms with E-state index in [4.69, 9.17) is 9.72 Å². The molecule has 0 atom stereocenters. The van der Waals surface area contributed by atoms with E-state index in [-0.39, 0.29) is 5.91 Å². The molecule has 1 amide bonds. The molecule has 1 aliphatic rings. The van der Waals surface area contributed by atoms with Gasteiger partial charge >= 0.3 is 0 Å². The first-order valence-electron chi connectivity index (χ1n) is 10.1. The van der Waals surface area contributed by atoms with Crippen molar-refractivity contribution in [2.24, 2.45) is 0 Å². The van der Waals surface area contributed by atoms with Gasteiger partial charge < -0.3 is 14.6 Å². The first kappa shape index (κ1) is 18.5. The van der Waals surface area contributed by atoms with Crippen molar-refractivity contribution in [3.63, 3.8) is 0 Å². The van der Waals surface area contributed by atoms with Crippen molar-refractivity contribution >= 4 is 16.9 Å². The van der Waals surface area contributed by atoms with E-state index in [0.717, 1.165) is 47.6 Å². The van der Waals surface area contributed by atoms with Crippen molar-refractivity contribution < 1.29 is 9.53 Å². The number of fused-ring (bicyclic) bond motifs is 2. The fourth-order valence-electron chi connectivity index (χ4n) is 4.16. The quantitative estimate of drug-likeness (QED) is 0.681. The smallest absolute Gasteiger partial charge is 0.220 e. The highest BCUT2D eigenvalue weighted by Crippen LogP contribution is 2.29. The van der Waals surface area contributed by atoms with Gasteiger partial charge in [0, 0.05) is 31.5 Å². The zero-order valence-electron chi connectivity index (χ0n) is 16.6. The molecule has 5 nitrogen and oxygen atoms in total. The molecule has 0 bridgehead atoms. The molecular weight excluding hydrogens is 350 g/mol. The zero-order valence-corrected chi connectivity index (χ0v) is 16.6. The highest BCUT2D eigenvalue weighted by atomic mass is 16.5. The minimum absolute atomic E-state index is 0.0391. The number of benzene rings is 2. The van der Waals surface area contributed by atoms with Crippen molar-refractivity contribution in [2.45, 2.75) is 52.1 Å². The number of imidazole rings is 1. The highest BCUT2D eigenvalue weighted by molar-refractivity contribution is 5.78. The second kappa shape index (κ2) is 8.05. The monoisotopic (exact) mass is 377 g/mol. The molecule has 5 heteroatoms. The number of carbonyl (C=O) groups excluding carboxylic acids is 1. The second-order valence-electron chi connectivity index (χ2n) is 7.32. The van der Waals surface area contributed by atoms with Gasteiger partial charge in [0.05, 0.1) is 18.1 Å². The maximum absolute atomic E-state index is 12.4. The highest BCUT2D eigenvalue weighted by Gasteiger charge is 2.16. The van der Waals surface area contributed by atoms with E-state index in [1.807, 2.05) is 18.2 Å². The molecule has 0 radical (unpaired) electrons. The molecule has 146 valence electrons. The van der Waals surface area contributed by atoms with E-state index in [9.17, 15) is 4.79 Å². The topological polar surface area (TPSA) is 56.2 Å². The fourth-order valence-corrected chi connectivity index (χ4v) is 4.16. The number of para-hydroxylation sites is 2. The normalized spacial score (nSPS) is 12.9. The van der Waals surface area contributed by atoms with Crippen molar-refractivity contribution in [3.8, 4) is 5.75 Å². The summed E-state index contributed by atoms with van der Waals surface area (Å²) in [6, 6.07) is 12.4. The van der Waals surface area contributed by atoms with Crippen LogP contribution < -0.4 is 10.1 Å². The number of carbonyl (C=O) groups is 1. The van der Waals surface area contributed by atoms with Crippen LogP contribution in [0.25, 0.3) is 11.0 Å². The Morgan fingerprint density at radius 1 is 1.21 bits per heavy atom. The number of hydrogen-bond acceptors (Lipinski definition) is 3. The molecular formula is C23H27N3O2. The third kappa shape index (κ3) is 3.61. The Hall–Kier alpha value is -2.82. The molecule has 1 heterocycles. The maximum atomic E-state index is 12.4. The van der Waals surface area contributed by atoms with Gasteiger partial charge in [0.2, 0.25) is 5.91 Å². The van der Waals surface area contributed by atoms with Gasteiger partial charge in [0.25, 0.3) is 0 Å². The number of hydrogen-bond donors (Lipinski definition) is 1. The molecule has 0 aliphatic heterocycles. The average molecular weight is 377 g/mol. The first-order valence-corrected chi connectivity index (χ1v) is 10.1. The number of methoxy groups -OCH3 is 1. The molecule has 0 unspecified atom stereocenters. The standard InChI is InChI=1S/C23H27N3O2/c1-3-26-20-10-5-4-9-19(20)25-22(26)11-12-23(27)24-15-18-13-16-7-6-8-17(16)14-21(18)28-2/h4-5,9-10,13-14H,3,6-8,11-12,15H2,1-2H3,(H,24,27). The van der Waals surface area contributed by atoms with Gasteiger partial charge in [-0.05, 0) is 55.5 Å². The van der Waals surface area contributed by atoms with Crippen LogP contribution in [0, 0.1) is 0 Å². The predicted molar refractivity (Wildman–Crippen MR) is 111 cm³/mol. The Balaban J connectivity index is 1.39. The third-order valence-electron chi connectivity index (χ3n) is 5.60. The van der Waals surface area contributed by atoms with Gasteiger partial charge in [-0.15, -0.1) is 0 Å². The zero-order chi connectivity index (χ0) is 19.5. The van der Waals surface area contributed by atoms with E-state index in [2.05, 4.69) is 35.0 Å². The number of aryl methyl sites for hydroxylation is 4. The second-order valence-corrected chi connectivity index (χ2v) is 7.32. The molecule has 0 saturated heterocycles. The van der Waals surface area contributed by atoms with Crippen LogP contribution in [0.1, 0.15) is 42.3 Å². The lowest BCUT2D eigenvalue weighted by atomic mass is 10.0. The molecule has 0 fully saturated rings. The SMILES string of the molecule is CCn1c(CCC(=O)NCc2cc3c(cc2OC)CCC3)nc2ccccc21. The van der Waals surface area contributed by atoms with Crippen LogP contribution in [0.2, 0.25) is 0 Å². The van der Waals surface area contributed by atoms with Crippen LogP contribution in [0.3, 0.4) is 0 Å². The van der Waals surface area contributed by atoms with Crippen LogP contribution in [0.5, 0.6) is 5.75 Å². The summed E-state index contributed by atoms with van der Waals surface area (Å²) in [7, 11) is 1.69. The number of ether oxygens (including phenoxy) is 1. The summed E-state index contributed by atoms with van der Waals surface area (Å²) in [4.78, 5) is 17.2. The van der Waals surface area contributed by atoms with Crippen molar-refractivity contribution in [2.75, 3.05) is 7.11 Å². The minimum atomic E-state index is 0.0391. The van der Waals surface area contributed by atoms with E-state index in [0.29, 0.717) is 19.4 Å². The average Bonchev–Trinajstić information content (AvgIpc) is 3.32. The third-order valence-corrected chi connectivity index (χ3v) is 5.60. The molecule has 0 saturated carbocycles. The van der Waals surface area contributed by atoms with E-state index in [1.54, 1.807) is 7.11 Å². The van der Waals surface area contributed by atoms with Crippen LogP contribution >= 0.6 is 0 Å². The predicted octanol–water partition coefficient (Wildman–Crippen LogP) is 3.80. The Kier molecular flexibility index (Phi) is 5.33. The molecule has 1 aliphatic carbocycles. The molecule has 28 heavy (non-hydrogen) atoms. The fraction of sp³-hybridized carbons (Fsp3) is 0.391. The van der Waals surface area contributed by atoms with Gasteiger partial charge in [0.15, 0.2) is 0 Å². The lowest BCUT2D eigenvalue weighted by Gasteiger charge is -2.13. The van der Waals surface area contributed by atoms with Gasteiger partial charge in [0.1, 0.15) is 11.6 Å². The molecule has 1 N–H and O–H groups in total. The van der Waals surface area contributed by atoms with E-state index in [1.165, 1.54) is 17.5 Å². The largest absolute Gasteiger partial charge is 0.496 e. The number of amides is 1. The van der Waals surface area contributed by atoms with Crippen LogP contribution in [0.15, 0.2) is 36.4 Å². The summed E-state index contributed by atoms with van der Waals surface area (Å²) in [5.41, 5.74) is 5.94. The Labute approximate surface area is 165 Å². The molecule has 0 spiro atoms. The number of nitrogens with one attached hydrogen (secondary N) is 1. The summed E-state index contributed by atoms with van der Waals surface area (Å²) < 4.78 is 7.72. The summed E-state index contributed by atoms with van der Waals surface area (Å²) in [5, 5.41) is 3.05. The molecule has 4 rings (SSSR count). The van der Waals surface area contributed by atoms with Crippen molar-refractivity contribution in [3.05, 3.63) is 58.9 Å². The van der Waals surface area contributed by atoms with Crippen LogP contribution in [-0.2, 0) is 37.1 Å². The number of nitrogens with zero attached hydrogens (tertiary/aromatic N) is 2. The van der Waals surface area contributed by atoms with Crippen LogP contribution in [-0.4, -0.2) is 22.6 Å². The Morgan fingerprint density at radius 2 is 2.00 bits per heavy atom. The lowest BCUT2D eigenvalue weighted by Crippen LogP contribution is -2.24. The van der Waals surface area contributed by atoms with Crippen molar-refractivity contribution in [1.29, 1.82) is 0 Å². The Morgan fingerprint density at radius 3 is 2.79 bits per heavy atom. The summed E-state index contributed by atoms with van der Waals surface area (Å²) in [5.74, 6) is 1.87. The lowest BCUT2D eigenvalue weighted by molar-refractivity contribution is -0.121. The summed E-state index contributed by atoms with van der Waals surface area (Å²) >= 11 is 0. The molecule has 1 aromatic heterocycles. The van der Waals surface area contributed by atoms with Gasteiger partial charge in [-0.25, -0.2) is 4.98 Å². The number of rotatable bonds is 7. The first-order chi connectivity index (χ1) is 13.7. The Bertz CT molecular complexity index is 1010. The van der Waals surface area contributed by atoms with Crippen molar-refractivity contribution in [1.82, 2.24) is 14.9 Å². The molecule has 3 aromatic rings.